The number of nitrogens with two attached hydrogens (primary N) is 1. The van der Waals surface area contributed by atoms with Crippen molar-refractivity contribution in [2.75, 3.05) is 5.32 Å². The van der Waals surface area contributed by atoms with Gasteiger partial charge in [-0.3, -0.25) is 0 Å². The lowest BCUT2D eigenvalue weighted by Crippen LogP contribution is -2.62. The summed E-state index contributed by atoms with van der Waals surface area (Å²) in [6.45, 7) is 3.56. The number of anilines is 2. The first-order valence-corrected chi connectivity index (χ1v) is 8.59. The Morgan fingerprint density at radius 1 is 1.11 bits per heavy atom. The summed E-state index contributed by atoms with van der Waals surface area (Å²) in [5.41, 5.74) is 1.99. The number of hydrogen-bond acceptors (Lipinski definition) is 4. The van der Waals surface area contributed by atoms with Crippen LogP contribution in [0, 0.1) is 5.82 Å². The highest BCUT2D eigenvalue weighted by molar-refractivity contribution is 6.33. The highest BCUT2D eigenvalue weighted by Gasteiger charge is 2.66. The smallest absolute Gasteiger partial charge is 0.315 e. The van der Waals surface area contributed by atoms with Crippen LogP contribution in [0.25, 0.3) is 0 Å². The molecule has 0 amide bonds. The average Bonchev–Trinajstić information content (AvgIpc) is 2.56. The molecule has 1 heterocycles. The lowest BCUT2D eigenvalue weighted by molar-refractivity contribution is -0.215. The van der Waals surface area contributed by atoms with Gasteiger partial charge in [0.05, 0.1) is 10.7 Å². The van der Waals surface area contributed by atoms with E-state index in [0.29, 0.717) is 16.4 Å². The maximum atomic E-state index is 15.2. The van der Waals surface area contributed by atoms with Gasteiger partial charge in [0.15, 0.2) is 0 Å². The first-order valence-electron chi connectivity index (χ1n) is 8.22. The van der Waals surface area contributed by atoms with Crippen LogP contribution >= 0.6 is 11.6 Å². The fourth-order valence-corrected chi connectivity index (χ4v) is 3.32. The third-order valence-corrected chi connectivity index (χ3v) is 5.03. The zero-order valence-electron chi connectivity index (χ0n) is 15.0. The second kappa shape index (κ2) is 6.34. The number of hydrogen-bond donors (Lipinski definition) is 2. The molecule has 8 heteroatoms. The van der Waals surface area contributed by atoms with Crippen molar-refractivity contribution in [1.82, 2.24) is 0 Å². The molecule has 1 atom stereocenters. The summed E-state index contributed by atoms with van der Waals surface area (Å²) in [5, 5.41) is 3.43. The zero-order valence-corrected chi connectivity index (χ0v) is 15.7. The molecule has 144 valence electrons. The maximum absolute atomic E-state index is 15.2. The Bertz CT molecular complexity index is 917. The molecule has 3 rings (SSSR count). The van der Waals surface area contributed by atoms with Crippen LogP contribution in [0.1, 0.15) is 26.3 Å². The molecule has 0 fully saturated rings. The number of ether oxygens (including phenoxy) is 1. The van der Waals surface area contributed by atoms with Crippen molar-refractivity contribution in [2.45, 2.75) is 37.8 Å². The van der Waals surface area contributed by atoms with E-state index >= 15 is 8.78 Å². The van der Waals surface area contributed by atoms with Crippen molar-refractivity contribution >= 4 is 29.0 Å². The molecule has 0 radical (unpaired) electrons. The van der Waals surface area contributed by atoms with Crippen molar-refractivity contribution in [3.8, 4) is 0 Å². The Morgan fingerprint density at radius 2 is 1.78 bits per heavy atom. The number of para-hydroxylation sites is 1. The predicted molar refractivity (Wildman–Crippen MR) is 100 cm³/mol. The van der Waals surface area contributed by atoms with Crippen LogP contribution in [0.15, 0.2) is 47.5 Å². The van der Waals surface area contributed by atoms with Gasteiger partial charge in [0.2, 0.25) is 5.60 Å². The summed E-state index contributed by atoms with van der Waals surface area (Å²) in [6, 6.07) is 10.3. The molecular formula is C19H19ClF3N3O. The van der Waals surface area contributed by atoms with E-state index in [-0.39, 0.29) is 5.56 Å². The molecule has 0 unspecified atom stereocenters. The molecule has 0 aliphatic carbocycles. The zero-order chi connectivity index (χ0) is 20.0. The summed E-state index contributed by atoms with van der Waals surface area (Å²) in [5.74, 6) is -4.38. The van der Waals surface area contributed by atoms with E-state index in [1.165, 1.54) is 26.0 Å². The Kier molecular flexibility index (Phi) is 4.54. The summed E-state index contributed by atoms with van der Waals surface area (Å²) < 4.78 is 50.2. The Labute approximate surface area is 160 Å². The summed E-state index contributed by atoms with van der Waals surface area (Å²) >= 11 is 6.11. The topological polar surface area (TPSA) is 59.6 Å². The number of amidine groups is 1. The average molecular weight is 398 g/mol. The molecule has 2 aromatic rings. The minimum atomic E-state index is -3.53. The van der Waals surface area contributed by atoms with Crippen LogP contribution in [-0.4, -0.2) is 17.5 Å². The fraction of sp³-hybridized carbons (Fsp3) is 0.316. The third kappa shape index (κ3) is 3.10. The van der Waals surface area contributed by atoms with Crippen molar-refractivity contribution < 1.29 is 17.9 Å². The number of alkyl halides is 2. The predicted octanol–water partition coefficient (Wildman–Crippen LogP) is 5.20. The van der Waals surface area contributed by atoms with Gasteiger partial charge in [-0.2, -0.15) is 8.78 Å². The van der Waals surface area contributed by atoms with Crippen molar-refractivity contribution in [1.29, 1.82) is 0 Å². The fourth-order valence-electron chi connectivity index (χ4n) is 3.14. The van der Waals surface area contributed by atoms with Gasteiger partial charge >= 0.3 is 5.92 Å². The van der Waals surface area contributed by atoms with Gasteiger partial charge in [-0.1, -0.05) is 23.7 Å². The SMILES string of the molecule is CC1(C)N=C(N)O[C@](C)(c2cc(Nc3ccccc3Cl)ccc2F)C1(F)F. The van der Waals surface area contributed by atoms with Gasteiger partial charge < -0.3 is 15.8 Å². The van der Waals surface area contributed by atoms with E-state index < -0.39 is 28.9 Å². The van der Waals surface area contributed by atoms with Crippen LogP contribution in [0.3, 0.4) is 0 Å². The van der Waals surface area contributed by atoms with Crippen LogP contribution in [-0.2, 0) is 10.3 Å². The third-order valence-electron chi connectivity index (χ3n) is 4.70. The van der Waals surface area contributed by atoms with Gasteiger partial charge in [-0.15, -0.1) is 0 Å². The van der Waals surface area contributed by atoms with Gasteiger partial charge in [0, 0.05) is 11.3 Å². The highest BCUT2D eigenvalue weighted by Crippen LogP contribution is 2.51. The van der Waals surface area contributed by atoms with E-state index in [1.807, 2.05) is 0 Å². The van der Waals surface area contributed by atoms with E-state index in [9.17, 15) is 4.39 Å². The molecule has 0 saturated heterocycles. The second-order valence-electron chi connectivity index (χ2n) is 7.02. The minimum absolute atomic E-state index is 0.338. The van der Waals surface area contributed by atoms with E-state index in [4.69, 9.17) is 22.1 Å². The van der Waals surface area contributed by atoms with Crippen LogP contribution in [0.5, 0.6) is 0 Å². The summed E-state index contributed by atoms with van der Waals surface area (Å²) in [6.07, 6.45) is 0. The number of nitrogens with zero attached hydrogens (tertiary/aromatic N) is 1. The monoisotopic (exact) mass is 397 g/mol. The van der Waals surface area contributed by atoms with Crippen molar-refractivity contribution in [2.24, 2.45) is 10.7 Å². The molecular weight excluding hydrogens is 379 g/mol. The van der Waals surface area contributed by atoms with Gasteiger partial charge in [-0.05, 0) is 51.1 Å². The quantitative estimate of drug-likeness (QED) is 0.748. The van der Waals surface area contributed by atoms with Gasteiger partial charge in [0.25, 0.3) is 6.02 Å². The standard InChI is InChI=1S/C19H19ClF3N3O/c1-17(2)19(22,23)18(3,27-16(24)26-17)12-10-11(8-9-14(12)21)25-15-7-5-4-6-13(15)20/h4-10,25H,1-3H3,(H2,24,26)/t18-/m1/s1. The largest absolute Gasteiger partial charge is 0.448 e. The maximum Gasteiger partial charge on any atom is 0.315 e. The number of benzene rings is 2. The molecule has 3 N–H and O–H groups in total. The van der Waals surface area contributed by atoms with Crippen LogP contribution in [0.4, 0.5) is 24.5 Å². The minimum Gasteiger partial charge on any atom is -0.448 e. The molecule has 1 aliphatic rings. The molecule has 0 bridgehead atoms. The molecule has 1 aliphatic heterocycles. The lowest BCUT2D eigenvalue weighted by atomic mass is 9.78. The highest BCUT2D eigenvalue weighted by atomic mass is 35.5. The molecule has 0 aromatic heterocycles. The molecule has 4 nitrogen and oxygen atoms in total. The van der Waals surface area contributed by atoms with Crippen LogP contribution in [0.2, 0.25) is 5.02 Å². The molecule has 0 saturated carbocycles. The van der Waals surface area contributed by atoms with E-state index in [1.54, 1.807) is 24.3 Å². The molecule has 2 aromatic carbocycles. The van der Waals surface area contributed by atoms with Crippen molar-refractivity contribution in [3.63, 3.8) is 0 Å². The van der Waals surface area contributed by atoms with Crippen LogP contribution < -0.4 is 11.1 Å². The molecule has 27 heavy (non-hydrogen) atoms. The first kappa shape index (κ1) is 19.4. The van der Waals surface area contributed by atoms with Crippen molar-refractivity contribution in [3.05, 3.63) is 58.9 Å². The summed E-state index contributed by atoms with van der Waals surface area (Å²) in [7, 11) is 0. The number of aliphatic imine (C=N–C) groups is 1. The first-order chi connectivity index (χ1) is 12.5. The Balaban J connectivity index is 2.09. The number of halogens is 4. The Morgan fingerprint density at radius 3 is 2.44 bits per heavy atom. The second-order valence-corrected chi connectivity index (χ2v) is 7.43. The number of rotatable bonds is 3. The number of nitrogens with one attached hydrogen (secondary N) is 1. The van der Waals surface area contributed by atoms with E-state index in [2.05, 4.69) is 10.3 Å². The summed E-state index contributed by atoms with van der Waals surface area (Å²) in [4.78, 5) is 3.69. The Hall–Kier alpha value is -2.41. The lowest BCUT2D eigenvalue weighted by Gasteiger charge is -2.47. The molecule has 0 spiro atoms. The van der Waals surface area contributed by atoms with Gasteiger partial charge in [0.1, 0.15) is 11.4 Å². The normalized spacial score (nSPS) is 23.3. The van der Waals surface area contributed by atoms with Gasteiger partial charge in [-0.25, -0.2) is 9.38 Å². The van der Waals surface area contributed by atoms with E-state index in [0.717, 1.165) is 13.0 Å².